The van der Waals surface area contributed by atoms with Crippen molar-refractivity contribution in [2.45, 2.75) is 26.5 Å². The minimum atomic E-state index is -0.126. The molecule has 0 saturated carbocycles. The zero-order chi connectivity index (χ0) is 17.8. The molecule has 0 atom stereocenters. The molecule has 1 aromatic heterocycles. The number of aryl methyl sites for hydroxylation is 1. The molecular formula is C20H18ClN3O. The van der Waals surface area contributed by atoms with Gasteiger partial charge in [-0.25, -0.2) is 0 Å². The van der Waals surface area contributed by atoms with E-state index in [1.165, 1.54) is 0 Å². The first-order valence-corrected chi connectivity index (χ1v) is 8.47. The van der Waals surface area contributed by atoms with Crippen LogP contribution >= 0.6 is 11.6 Å². The molecule has 0 aliphatic rings. The number of aliphatic hydroxyl groups excluding tert-OH is 1. The molecule has 0 amide bonds. The summed E-state index contributed by atoms with van der Waals surface area (Å²) in [4.78, 5) is 4.50. The molecule has 126 valence electrons. The van der Waals surface area contributed by atoms with Gasteiger partial charge in [-0.15, -0.1) is 0 Å². The lowest BCUT2D eigenvalue weighted by atomic mass is 10.0. The molecule has 2 aromatic carbocycles. The van der Waals surface area contributed by atoms with Crippen molar-refractivity contribution >= 4 is 28.2 Å². The van der Waals surface area contributed by atoms with Crippen molar-refractivity contribution in [3.63, 3.8) is 0 Å². The Morgan fingerprint density at radius 1 is 1.24 bits per heavy atom. The van der Waals surface area contributed by atoms with Crippen molar-refractivity contribution in [2.75, 3.05) is 5.32 Å². The van der Waals surface area contributed by atoms with Crippen molar-refractivity contribution < 1.29 is 5.11 Å². The van der Waals surface area contributed by atoms with E-state index >= 15 is 0 Å². The molecule has 0 unspecified atom stereocenters. The average Bonchev–Trinajstić information content (AvgIpc) is 2.64. The van der Waals surface area contributed by atoms with Crippen LogP contribution in [0.3, 0.4) is 0 Å². The minimum Gasteiger partial charge on any atom is -0.392 e. The molecule has 1 heterocycles. The molecule has 0 bridgehead atoms. The van der Waals surface area contributed by atoms with Crippen LogP contribution < -0.4 is 5.32 Å². The number of hydrogen-bond acceptors (Lipinski definition) is 4. The molecule has 0 spiro atoms. The largest absolute Gasteiger partial charge is 0.392 e. The first-order chi connectivity index (χ1) is 12.2. The van der Waals surface area contributed by atoms with E-state index in [4.69, 9.17) is 11.6 Å². The number of nitrogens with one attached hydrogen (secondary N) is 1. The number of fused-ring (bicyclic) bond motifs is 1. The molecule has 4 nitrogen and oxygen atoms in total. The van der Waals surface area contributed by atoms with Crippen LogP contribution in [0.1, 0.15) is 29.2 Å². The Kier molecular flexibility index (Phi) is 5.18. The molecule has 0 radical (unpaired) electrons. The minimum absolute atomic E-state index is 0.126. The highest BCUT2D eigenvalue weighted by atomic mass is 35.5. The molecule has 0 aliphatic heterocycles. The maximum Gasteiger partial charge on any atom is 0.0991 e. The summed E-state index contributed by atoms with van der Waals surface area (Å²) in [7, 11) is 0. The van der Waals surface area contributed by atoms with Crippen molar-refractivity contribution in [1.29, 1.82) is 5.26 Å². The highest BCUT2D eigenvalue weighted by Gasteiger charge is 2.12. The predicted molar refractivity (Wildman–Crippen MR) is 101 cm³/mol. The molecule has 3 rings (SSSR count). The number of aromatic nitrogens is 1. The van der Waals surface area contributed by atoms with Crippen LogP contribution in [0.4, 0.5) is 5.69 Å². The van der Waals surface area contributed by atoms with Gasteiger partial charge in [0.25, 0.3) is 0 Å². The molecular weight excluding hydrogens is 334 g/mol. The number of rotatable bonds is 5. The van der Waals surface area contributed by atoms with Gasteiger partial charge >= 0.3 is 0 Å². The average molecular weight is 352 g/mol. The third-order valence-electron chi connectivity index (χ3n) is 4.17. The number of nitrogens with zero attached hydrogens (tertiary/aromatic N) is 2. The third kappa shape index (κ3) is 3.58. The highest BCUT2D eigenvalue weighted by molar-refractivity contribution is 6.30. The van der Waals surface area contributed by atoms with E-state index in [2.05, 4.69) is 16.4 Å². The Morgan fingerprint density at radius 3 is 2.76 bits per heavy atom. The molecule has 0 saturated heterocycles. The monoisotopic (exact) mass is 351 g/mol. The summed E-state index contributed by atoms with van der Waals surface area (Å²) in [5, 5.41) is 23.9. The van der Waals surface area contributed by atoms with Gasteiger partial charge in [-0.1, -0.05) is 30.7 Å². The summed E-state index contributed by atoms with van der Waals surface area (Å²) in [6, 6.07) is 13.5. The lowest BCUT2D eigenvalue weighted by molar-refractivity contribution is 0.282. The molecule has 0 fully saturated rings. The zero-order valence-corrected chi connectivity index (χ0v) is 14.6. The predicted octanol–water partition coefficient (Wildman–Crippen LogP) is 4.43. The van der Waals surface area contributed by atoms with Crippen LogP contribution in [-0.4, -0.2) is 10.1 Å². The first-order valence-electron chi connectivity index (χ1n) is 8.10. The van der Waals surface area contributed by atoms with E-state index in [9.17, 15) is 10.4 Å². The second-order valence-corrected chi connectivity index (χ2v) is 6.23. The van der Waals surface area contributed by atoms with Gasteiger partial charge in [0.05, 0.1) is 29.4 Å². The third-order valence-corrected chi connectivity index (χ3v) is 4.40. The van der Waals surface area contributed by atoms with Crippen molar-refractivity contribution in [3.8, 4) is 6.07 Å². The Labute approximate surface area is 151 Å². The van der Waals surface area contributed by atoms with Gasteiger partial charge in [-0.2, -0.15) is 5.26 Å². The van der Waals surface area contributed by atoms with Crippen LogP contribution in [0.15, 0.2) is 42.6 Å². The van der Waals surface area contributed by atoms with Crippen LogP contribution in [0.25, 0.3) is 10.9 Å². The molecule has 3 aromatic rings. The van der Waals surface area contributed by atoms with Gasteiger partial charge in [-0.05, 0) is 41.8 Å². The molecule has 2 N–H and O–H groups in total. The lowest BCUT2D eigenvalue weighted by Gasteiger charge is -2.15. The Hall–Kier alpha value is -2.61. The van der Waals surface area contributed by atoms with E-state index in [1.54, 1.807) is 6.20 Å². The number of halogens is 1. The fourth-order valence-electron chi connectivity index (χ4n) is 2.92. The van der Waals surface area contributed by atoms with Crippen molar-refractivity contribution in [1.82, 2.24) is 4.98 Å². The van der Waals surface area contributed by atoms with Gasteiger partial charge in [0.1, 0.15) is 0 Å². The zero-order valence-electron chi connectivity index (χ0n) is 13.9. The van der Waals surface area contributed by atoms with Crippen LogP contribution in [-0.2, 0) is 19.6 Å². The van der Waals surface area contributed by atoms with Crippen LogP contribution in [0, 0.1) is 11.3 Å². The topological polar surface area (TPSA) is 68.9 Å². The van der Waals surface area contributed by atoms with Gasteiger partial charge in [-0.3, -0.25) is 4.98 Å². The summed E-state index contributed by atoms with van der Waals surface area (Å²) in [6.07, 6.45) is 2.47. The SMILES string of the molecule is CCc1cc(C#N)cc2c(NCc3cccc(Cl)c3)c(CO)cnc12. The van der Waals surface area contributed by atoms with Crippen LogP contribution in [0.5, 0.6) is 0 Å². The number of nitriles is 1. The normalized spacial score (nSPS) is 10.6. The first kappa shape index (κ1) is 17.2. The van der Waals surface area contributed by atoms with E-state index in [1.807, 2.05) is 43.3 Å². The van der Waals surface area contributed by atoms with Gasteiger partial charge in [0.2, 0.25) is 0 Å². The molecule has 0 aliphatic carbocycles. The van der Waals surface area contributed by atoms with E-state index in [0.29, 0.717) is 22.7 Å². The fraction of sp³-hybridized carbons (Fsp3) is 0.200. The number of hydrogen-bond donors (Lipinski definition) is 2. The molecule has 25 heavy (non-hydrogen) atoms. The summed E-state index contributed by atoms with van der Waals surface area (Å²) in [5.41, 5.74) is 5.00. The van der Waals surface area contributed by atoms with Gasteiger partial charge in [0.15, 0.2) is 0 Å². The maximum absolute atomic E-state index is 9.71. The summed E-state index contributed by atoms with van der Waals surface area (Å²) < 4.78 is 0. The fourth-order valence-corrected chi connectivity index (χ4v) is 3.13. The van der Waals surface area contributed by atoms with E-state index < -0.39 is 0 Å². The number of aliphatic hydroxyl groups is 1. The summed E-state index contributed by atoms with van der Waals surface area (Å²) in [6.45, 7) is 2.47. The Morgan fingerprint density at radius 2 is 2.08 bits per heavy atom. The van der Waals surface area contributed by atoms with Gasteiger partial charge < -0.3 is 10.4 Å². The molecule has 5 heteroatoms. The summed E-state index contributed by atoms with van der Waals surface area (Å²) >= 11 is 6.05. The Balaban J connectivity index is 2.09. The van der Waals surface area contributed by atoms with E-state index in [-0.39, 0.29) is 6.61 Å². The number of anilines is 1. The second kappa shape index (κ2) is 7.52. The van der Waals surface area contributed by atoms with E-state index in [0.717, 1.165) is 34.1 Å². The maximum atomic E-state index is 9.71. The summed E-state index contributed by atoms with van der Waals surface area (Å²) in [5.74, 6) is 0. The van der Waals surface area contributed by atoms with Crippen molar-refractivity contribution in [3.05, 3.63) is 69.9 Å². The second-order valence-electron chi connectivity index (χ2n) is 5.80. The van der Waals surface area contributed by atoms with Crippen LogP contribution in [0.2, 0.25) is 5.02 Å². The smallest absolute Gasteiger partial charge is 0.0991 e. The quantitative estimate of drug-likeness (QED) is 0.713. The van der Waals surface area contributed by atoms with Crippen molar-refractivity contribution in [2.24, 2.45) is 0 Å². The Bertz CT molecular complexity index is 963. The van der Waals surface area contributed by atoms with Gasteiger partial charge in [0, 0.05) is 28.7 Å². The lowest BCUT2D eigenvalue weighted by Crippen LogP contribution is -2.05. The highest BCUT2D eigenvalue weighted by Crippen LogP contribution is 2.30. The number of benzene rings is 2. The number of pyridine rings is 1. The standard InChI is InChI=1S/C20H18ClN3O/c1-2-15-6-14(9-22)8-18-19(15)24-11-16(12-25)20(18)23-10-13-4-3-5-17(21)7-13/h3-8,11,25H,2,10,12H2,1H3,(H,23,24).